The highest BCUT2D eigenvalue weighted by Crippen LogP contribution is 2.16. The molecule has 0 radical (unpaired) electrons. The summed E-state index contributed by atoms with van der Waals surface area (Å²) in [6.07, 6.45) is 2.04. The Morgan fingerprint density at radius 3 is 2.89 bits per heavy atom. The van der Waals surface area contributed by atoms with Crippen LogP contribution in [-0.4, -0.2) is 30.5 Å². The number of benzene rings is 1. The Bertz CT molecular complexity index is 381. The van der Waals surface area contributed by atoms with Gasteiger partial charge in [-0.3, -0.25) is 4.79 Å². The van der Waals surface area contributed by atoms with Crippen LogP contribution in [0.25, 0.3) is 0 Å². The zero-order valence-electron chi connectivity index (χ0n) is 10.3. The number of hydrogen-bond donors (Lipinski definition) is 4. The van der Waals surface area contributed by atoms with Crippen LogP contribution in [0.2, 0.25) is 0 Å². The maximum atomic E-state index is 12.0. The molecule has 2 rings (SSSR count). The monoisotopic (exact) mass is 266 g/mol. The second-order valence-electron chi connectivity index (χ2n) is 4.13. The van der Waals surface area contributed by atoms with E-state index in [1.807, 2.05) is 36.6 Å². The van der Waals surface area contributed by atoms with Crippen LogP contribution in [0.5, 0.6) is 0 Å². The first-order valence-corrected chi connectivity index (χ1v) is 7.28. The molecular weight excluding hydrogens is 248 g/mol. The van der Waals surface area contributed by atoms with Crippen molar-refractivity contribution in [3.63, 3.8) is 0 Å². The Hall–Kier alpha value is -1.08. The molecule has 1 saturated heterocycles. The van der Waals surface area contributed by atoms with Crippen molar-refractivity contribution in [1.82, 2.24) is 21.7 Å². The molecule has 1 aliphatic rings. The smallest absolute Gasteiger partial charge is 0.240 e. The van der Waals surface area contributed by atoms with Gasteiger partial charge in [0.05, 0.1) is 6.04 Å². The average Bonchev–Trinajstić information content (AvgIpc) is 2.93. The Morgan fingerprint density at radius 2 is 2.28 bits per heavy atom. The Labute approximate surface area is 111 Å². The Morgan fingerprint density at radius 1 is 1.50 bits per heavy atom. The van der Waals surface area contributed by atoms with Crippen LogP contribution < -0.4 is 21.7 Å². The molecular formula is C12H18N4OS. The van der Waals surface area contributed by atoms with E-state index in [4.69, 9.17) is 0 Å². The SMILES string of the molecule is CSCC(NC(=O)C1CNNN1)c1ccccc1. The molecule has 0 aliphatic carbocycles. The van der Waals surface area contributed by atoms with E-state index in [0.29, 0.717) is 6.54 Å². The van der Waals surface area contributed by atoms with E-state index in [9.17, 15) is 4.79 Å². The molecule has 1 aliphatic heterocycles. The van der Waals surface area contributed by atoms with Crippen molar-refractivity contribution in [3.8, 4) is 0 Å². The molecule has 1 fully saturated rings. The zero-order valence-corrected chi connectivity index (χ0v) is 11.1. The van der Waals surface area contributed by atoms with Gasteiger partial charge in [-0.15, -0.1) is 0 Å². The van der Waals surface area contributed by atoms with Gasteiger partial charge in [0.15, 0.2) is 0 Å². The van der Waals surface area contributed by atoms with Gasteiger partial charge < -0.3 is 5.32 Å². The van der Waals surface area contributed by atoms with Crippen LogP contribution >= 0.6 is 11.8 Å². The Balaban J connectivity index is 1.99. The molecule has 2 unspecified atom stereocenters. The van der Waals surface area contributed by atoms with Gasteiger partial charge in [-0.1, -0.05) is 30.3 Å². The number of nitrogens with one attached hydrogen (secondary N) is 4. The molecule has 1 amide bonds. The quantitative estimate of drug-likeness (QED) is 0.613. The third kappa shape index (κ3) is 3.46. The lowest BCUT2D eigenvalue weighted by Gasteiger charge is -2.20. The highest BCUT2D eigenvalue weighted by atomic mass is 32.2. The van der Waals surface area contributed by atoms with E-state index in [0.717, 1.165) is 11.3 Å². The lowest BCUT2D eigenvalue weighted by molar-refractivity contribution is -0.123. The molecule has 1 aromatic carbocycles. The summed E-state index contributed by atoms with van der Waals surface area (Å²) in [4.78, 5) is 12.0. The standard InChI is InChI=1S/C12H18N4OS/c1-18-8-11(9-5-3-2-4-6-9)14-12(17)10-7-13-16-15-10/h2-6,10-11,13,15-16H,7-8H2,1H3,(H,14,17). The predicted molar refractivity (Wildman–Crippen MR) is 73.8 cm³/mol. The van der Waals surface area contributed by atoms with Crippen molar-refractivity contribution in [2.24, 2.45) is 0 Å². The van der Waals surface area contributed by atoms with E-state index >= 15 is 0 Å². The molecule has 2 atom stereocenters. The fourth-order valence-corrected chi connectivity index (χ4v) is 2.46. The fraction of sp³-hybridized carbons (Fsp3) is 0.417. The molecule has 4 N–H and O–H groups in total. The van der Waals surface area contributed by atoms with Crippen LogP contribution in [0.3, 0.4) is 0 Å². The van der Waals surface area contributed by atoms with Crippen molar-refractivity contribution in [1.29, 1.82) is 0 Å². The third-order valence-electron chi connectivity index (χ3n) is 2.81. The van der Waals surface area contributed by atoms with Gasteiger partial charge in [0.2, 0.25) is 5.91 Å². The van der Waals surface area contributed by atoms with Crippen LogP contribution in [0.15, 0.2) is 30.3 Å². The molecule has 1 heterocycles. The molecule has 0 saturated carbocycles. The highest BCUT2D eigenvalue weighted by molar-refractivity contribution is 7.98. The number of rotatable bonds is 5. The molecule has 0 aromatic heterocycles. The molecule has 1 aromatic rings. The van der Waals surface area contributed by atoms with Crippen LogP contribution in [-0.2, 0) is 4.79 Å². The fourth-order valence-electron chi connectivity index (χ4n) is 1.85. The summed E-state index contributed by atoms with van der Waals surface area (Å²) in [5, 5.41) is 3.07. The number of hydrazine groups is 2. The number of carbonyl (C=O) groups is 1. The normalized spacial score (nSPS) is 20.6. The van der Waals surface area contributed by atoms with Crippen LogP contribution in [0, 0.1) is 0 Å². The summed E-state index contributed by atoms with van der Waals surface area (Å²) in [6, 6.07) is 9.87. The van der Waals surface area contributed by atoms with E-state index in [1.54, 1.807) is 11.8 Å². The van der Waals surface area contributed by atoms with Gasteiger partial charge in [0.1, 0.15) is 6.04 Å². The van der Waals surface area contributed by atoms with E-state index < -0.39 is 0 Å². The van der Waals surface area contributed by atoms with E-state index in [-0.39, 0.29) is 18.0 Å². The molecule has 6 heteroatoms. The average molecular weight is 266 g/mol. The van der Waals surface area contributed by atoms with Gasteiger partial charge in [-0.2, -0.15) is 17.3 Å². The molecule has 0 spiro atoms. The minimum absolute atomic E-state index is 0.00963. The first-order valence-electron chi connectivity index (χ1n) is 5.89. The molecule has 5 nitrogen and oxygen atoms in total. The van der Waals surface area contributed by atoms with Gasteiger partial charge in [-0.05, 0) is 11.8 Å². The summed E-state index contributed by atoms with van der Waals surface area (Å²) in [5.74, 6) is 0.874. The molecule has 98 valence electrons. The van der Waals surface area contributed by atoms with Gasteiger partial charge in [-0.25, -0.2) is 10.9 Å². The number of thioether (sulfide) groups is 1. The number of amides is 1. The van der Waals surface area contributed by atoms with E-state index in [2.05, 4.69) is 21.7 Å². The first-order chi connectivity index (χ1) is 8.81. The number of hydrogen-bond acceptors (Lipinski definition) is 5. The van der Waals surface area contributed by atoms with Crippen LogP contribution in [0.1, 0.15) is 11.6 Å². The minimum atomic E-state index is -0.224. The van der Waals surface area contributed by atoms with Gasteiger partial charge in [0, 0.05) is 12.3 Å². The van der Waals surface area contributed by atoms with Crippen molar-refractivity contribution in [2.45, 2.75) is 12.1 Å². The summed E-state index contributed by atoms with van der Waals surface area (Å²) >= 11 is 1.72. The second kappa shape index (κ2) is 6.75. The number of carbonyl (C=O) groups excluding carboxylic acids is 1. The first kappa shape index (κ1) is 13.4. The summed E-state index contributed by atoms with van der Waals surface area (Å²) in [7, 11) is 0. The maximum Gasteiger partial charge on any atom is 0.240 e. The Kier molecular flexibility index (Phi) is 5.00. The van der Waals surface area contributed by atoms with Crippen molar-refractivity contribution >= 4 is 17.7 Å². The zero-order chi connectivity index (χ0) is 12.8. The molecule has 0 bridgehead atoms. The van der Waals surface area contributed by atoms with Crippen LogP contribution in [0.4, 0.5) is 0 Å². The second-order valence-corrected chi connectivity index (χ2v) is 5.04. The molecule has 18 heavy (non-hydrogen) atoms. The summed E-state index contributed by atoms with van der Waals surface area (Å²) in [5.41, 5.74) is 9.62. The lowest BCUT2D eigenvalue weighted by atomic mass is 10.1. The highest BCUT2D eigenvalue weighted by Gasteiger charge is 2.24. The predicted octanol–water partition coefficient (Wildman–Crippen LogP) is 0.188. The topological polar surface area (TPSA) is 65.2 Å². The largest absolute Gasteiger partial charge is 0.347 e. The van der Waals surface area contributed by atoms with Crippen molar-refractivity contribution in [2.75, 3.05) is 18.6 Å². The maximum absolute atomic E-state index is 12.0. The minimum Gasteiger partial charge on any atom is -0.347 e. The summed E-state index contributed by atoms with van der Waals surface area (Å²) < 4.78 is 0. The summed E-state index contributed by atoms with van der Waals surface area (Å²) in [6.45, 7) is 0.590. The van der Waals surface area contributed by atoms with Crippen molar-refractivity contribution < 1.29 is 4.79 Å². The third-order valence-corrected chi connectivity index (χ3v) is 3.48. The lowest BCUT2D eigenvalue weighted by Crippen LogP contribution is -2.46. The van der Waals surface area contributed by atoms with Gasteiger partial charge in [0.25, 0.3) is 0 Å². The van der Waals surface area contributed by atoms with E-state index in [1.165, 1.54) is 0 Å². The van der Waals surface area contributed by atoms with Crippen molar-refractivity contribution in [3.05, 3.63) is 35.9 Å². The van der Waals surface area contributed by atoms with Gasteiger partial charge >= 0.3 is 0 Å².